The molecule has 0 amide bonds. The summed E-state index contributed by atoms with van der Waals surface area (Å²) in [5, 5.41) is 0. The van der Waals surface area contributed by atoms with Crippen LogP contribution in [0.1, 0.15) is 72.1 Å². The number of ketones is 1. The van der Waals surface area contributed by atoms with Gasteiger partial charge >= 0.3 is 0 Å². The highest BCUT2D eigenvalue weighted by atomic mass is 16.7. The maximum Gasteiger partial charge on any atom is 0.169 e. The molecule has 1 aliphatic heterocycles. The highest BCUT2D eigenvalue weighted by Crippen LogP contribution is 2.68. The minimum absolute atomic E-state index is 0.278. The number of rotatable bonds is 1. The summed E-state index contributed by atoms with van der Waals surface area (Å²) in [4.78, 5) is 12.0. The number of allylic oxidation sites excluding steroid dienone is 1. The molecule has 0 aromatic carbocycles. The van der Waals surface area contributed by atoms with Crippen molar-refractivity contribution in [2.45, 2.75) is 77.9 Å². The van der Waals surface area contributed by atoms with E-state index in [1.165, 1.54) is 37.7 Å². The van der Waals surface area contributed by atoms with E-state index in [4.69, 9.17) is 9.47 Å². The van der Waals surface area contributed by atoms with Gasteiger partial charge in [-0.1, -0.05) is 19.4 Å². The Labute approximate surface area is 157 Å². The molecule has 0 aromatic rings. The average Bonchev–Trinajstić information content (AvgIpc) is 3.19. The molecule has 6 atom stereocenters. The number of fused-ring (bicyclic) bond motifs is 5. The fourth-order valence-corrected chi connectivity index (χ4v) is 8.15. The molecule has 0 radical (unpaired) electrons. The predicted octanol–water partition coefficient (Wildman–Crippen LogP) is 4.90. The lowest BCUT2D eigenvalue weighted by molar-refractivity contribution is -0.214. The molecule has 26 heavy (non-hydrogen) atoms. The van der Waals surface area contributed by atoms with Gasteiger partial charge in [0, 0.05) is 12.3 Å². The molecule has 3 saturated carbocycles. The molecule has 0 spiro atoms. The van der Waals surface area contributed by atoms with Crippen molar-refractivity contribution in [1.82, 2.24) is 0 Å². The summed E-state index contributed by atoms with van der Waals surface area (Å²) < 4.78 is 12.2. The fourth-order valence-electron chi connectivity index (χ4n) is 8.15. The molecule has 144 valence electrons. The van der Waals surface area contributed by atoms with Gasteiger partial charge in [0.1, 0.15) is 0 Å². The number of carbonyl (C=O) groups is 1. The molecule has 3 heteroatoms. The topological polar surface area (TPSA) is 35.5 Å². The maximum absolute atomic E-state index is 12.0. The fraction of sp³-hybridized carbons (Fsp3) is 0.870. The standard InChI is InChI=1S/C23H34O3/c1-21-10-8-16(24)14-15(21)4-5-17-18-6-7-20(23(3)25-12-13-26-23)22(18,2)11-9-19(17)21/h14,17-20H,4-13H2,1-3H3/t17-,18-,19-,20-,21-,22-/m1/s1. The van der Waals surface area contributed by atoms with Crippen LogP contribution in [0.2, 0.25) is 0 Å². The van der Waals surface area contributed by atoms with E-state index >= 15 is 0 Å². The van der Waals surface area contributed by atoms with Crippen molar-refractivity contribution in [3.63, 3.8) is 0 Å². The third-order valence-corrected chi connectivity index (χ3v) is 9.46. The van der Waals surface area contributed by atoms with Crippen molar-refractivity contribution >= 4 is 5.78 Å². The van der Waals surface area contributed by atoms with E-state index in [0.717, 1.165) is 50.2 Å². The van der Waals surface area contributed by atoms with Crippen LogP contribution in [-0.4, -0.2) is 24.8 Å². The van der Waals surface area contributed by atoms with E-state index in [9.17, 15) is 4.79 Å². The van der Waals surface area contributed by atoms with E-state index in [1.807, 2.05) is 6.08 Å². The van der Waals surface area contributed by atoms with Crippen molar-refractivity contribution in [3.05, 3.63) is 11.6 Å². The van der Waals surface area contributed by atoms with Gasteiger partial charge in [-0.2, -0.15) is 0 Å². The summed E-state index contributed by atoms with van der Waals surface area (Å²) in [6.07, 6.45) is 11.5. The summed E-state index contributed by atoms with van der Waals surface area (Å²) in [6, 6.07) is 0. The van der Waals surface area contributed by atoms with Crippen LogP contribution in [0, 0.1) is 34.5 Å². The third-order valence-electron chi connectivity index (χ3n) is 9.46. The van der Waals surface area contributed by atoms with E-state index in [-0.39, 0.29) is 11.2 Å². The second kappa shape index (κ2) is 5.67. The van der Waals surface area contributed by atoms with E-state index in [0.29, 0.717) is 17.1 Å². The molecule has 3 nitrogen and oxygen atoms in total. The van der Waals surface area contributed by atoms with Gasteiger partial charge < -0.3 is 9.47 Å². The number of hydrogen-bond donors (Lipinski definition) is 0. The summed E-state index contributed by atoms with van der Waals surface area (Å²) in [5.74, 6) is 2.91. The van der Waals surface area contributed by atoms with E-state index in [1.54, 1.807) is 0 Å². The van der Waals surface area contributed by atoms with Crippen LogP contribution in [-0.2, 0) is 14.3 Å². The molecule has 5 aliphatic rings. The van der Waals surface area contributed by atoms with Gasteiger partial charge in [-0.05, 0) is 86.5 Å². The molecule has 0 unspecified atom stereocenters. The predicted molar refractivity (Wildman–Crippen MR) is 101 cm³/mol. The molecular formula is C23H34O3. The molecular weight excluding hydrogens is 324 g/mol. The van der Waals surface area contributed by atoms with Gasteiger partial charge in [0.05, 0.1) is 13.2 Å². The maximum atomic E-state index is 12.0. The lowest BCUT2D eigenvalue weighted by atomic mass is 9.46. The normalized spacial score (nSPS) is 50.0. The molecule has 1 heterocycles. The van der Waals surface area contributed by atoms with Crippen molar-refractivity contribution < 1.29 is 14.3 Å². The van der Waals surface area contributed by atoms with Crippen LogP contribution in [0.5, 0.6) is 0 Å². The smallest absolute Gasteiger partial charge is 0.169 e. The third kappa shape index (κ3) is 2.22. The van der Waals surface area contributed by atoms with Crippen molar-refractivity contribution in [2.24, 2.45) is 34.5 Å². The Kier molecular flexibility index (Phi) is 3.80. The Morgan fingerprint density at radius 3 is 2.46 bits per heavy atom. The second-order valence-electron chi connectivity index (χ2n) is 10.4. The molecule has 1 saturated heterocycles. The second-order valence-corrected chi connectivity index (χ2v) is 10.4. The Balaban J connectivity index is 1.45. The first kappa shape index (κ1) is 17.4. The number of hydrogen-bond acceptors (Lipinski definition) is 3. The van der Waals surface area contributed by atoms with Crippen molar-refractivity contribution in [1.29, 1.82) is 0 Å². The highest BCUT2D eigenvalue weighted by Gasteiger charge is 2.63. The first-order valence-electron chi connectivity index (χ1n) is 10.9. The zero-order valence-electron chi connectivity index (χ0n) is 16.7. The number of carbonyl (C=O) groups excluding carboxylic acids is 1. The van der Waals surface area contributed by atoms with Crippen LogP contribution in [0.25, 0.3) is 0 Å². The monoisotopic (exact) mass is 358 g/mol. The first-order valence-corrected chi connectivity index (χ1v) is 10.9. The summed E-state index contributed by atoms with van der Waals surface area (Å²) >= 11 is 0. The van der Waals surface area contributed by atoms with Crippen molar-refractivity contribution in [3.8, 4) is 0 Å². The van der Waals surface area contributed by atoms with Crippen LogP contribution in [0.3, 0.4) is 0 Å². The summed E-state index contributed by atoms with van der Waals surface area (Å²) in [5.41, 5.74) is 2.10. The van der Waals surface area contributed by atoms with Gasteiger partial charge in [0.2, 0.25) is 0 Å². The van der Waals surface area contributed by atoms with Gasteiger partial charge in [-0.15, -0.1) is 0 Å². The molecule has 4 aliphatic carbocycles. The number of ether oxygens (including phenoxy) is 2. The van der Waals surface area contributed by atoms with E-state index < -0.39 is 0 Å². The van der Waals surface area contributed by atoms with E-state index in [2.05, 4.69) is 20.8 Å². The summed E-state index contributed by atoms with van der Waals surface area (Å²) in [6.45, 7) is 8.71. The Hall–Kier alpha value is -0.670. The molecule has 0 aromatic heterocycles. The Morgan fingerprint density at radius 1 is 0.923 bits per heavy atom. The average molecular weight is 359 g/mol. The lowest BCUT2D eigenvalue weighted by Gasteiger charge is -2.58. The Bertz CT molecular complexity index is 646. The lowest BCUT2D eigenvalue weighted by Crippen LogP contribution is -2.53. The first-order chi connectivity index (χ1) is 12.4. The van der Waals surface area contributed by atoms with Crippen molar-refractivity contribution in [2.75, 3.05) is 13.2 Å². The van der Waals surface area contributed by atoms with Gasteiger partial charge in [0.15, 0.2) is 11.6 Å². The van der Waals surface area contributed by atoms with Gasteiger partial charge in [0.25, 0.3) is 0 Å². The van der Waals surface area contributed by atoms with Gasteiger partial charge in [-0.25, -0.2) is 0 Å². The van der Waals surface area contributed by atoms with Crippen LogP contribution >= 0.6 is 0 Å². The Morgan fingerprint density at radius 2 is 1.69 bits per heavy atom. The zero-order valence-corrected chi connectivity index (χ0v) is 16.7. The zero-order chi connectivity index (χ0) is 18.2. The van der Waals surface area contributed by atoms with Crippen LogP contribution < -0.4 is 0 Å². The molecule has 5 rings (SSSR count). The molecule has 0 bridgehead atoms. The SMILES string of the molecule is CC1([C@@H]2CC[C@@H]3[C@H]4CCC5=CC(=O)CC[C@@]5(C)[C@@H]4CC[C@]32C)OCCO1. The quantitative estimate of drug-likeness (QED) is 0.669. The summed E-state index contributed by atoms with van der Waals surface area (Å²) in [7, 11) is 0. The van der Waals surface area contributed by atoms with Gasteiger partial charge in [-0.3, -0.25) is 4.79 Å². The van der Waals surface area contributed by atoms with Crippen LogP contribution in [0.15, 0.2) is 11.6 Å². The molecule has 4 fully saturated rings. The minimum atomic E-state index is -0.364. The highest BCUT2D eigenvalue weighted by molar-refractivity contribution is 5.91. The minimum Gasteiger partial charge on any atom is -0.348 e. The van der Waals surface area contributed by atoms with Crippen LogP contribution in [0.4, 0.5) is 0 Å². The largest absolute Gasteiger partial charge is 0.348 e. The molecule has 0 N–H and O–H groups in total.